The summed E-state index contributed by atoms with van der Waals surface area (Å²) in [5.41, 5.74) is -0.788. The van der Waals surface area contributed by atoms with E-state index in [0.717, 1.165) is 19.4 Å². The molecule has 2 N–H and O–H groups in total. The molecule has 5 nitrogen and oxygen atoms in total. The number of aliphatic carboxylic acids is 1. The number of hydrogen-bond donors (Lipinski definition) is 2. The van der Waals surface area contributed by atoms with Crippen LogP contribution in [0.1, 0.15) is 39.5 Å². The third kappa shape index (κ3) is 4.23. The van der Waals surface area contributed by atoms with Gasteiger partial charge in [0.05, 0.1) is 19.3 Å². The Labute approximate surface area is 109 Å². The summed E-state index contributed by atoms with van der Waals surface area (Å²) in [6.07, 6.45) is 3.02. The average Bonchev–Trinajstić information content (AvgIpc) is 2.74. The summed E-state index contributed by atoms with van der Waals surface area (Å²) in [6, 6.07) is 0. The van der Waals surface area contributed by atoms with E-state index in [2.05, 4.69) is 12.2 Å². The molecule has 0 bridgehead atoms. The van der Waals surface area contributed by atoms with Crippen molar-refractivity contribution in [3.8, 4) is 0 Å². The Kier molecular flexibility index (Phi) is 6.60. The van der Waals surface area contributed by atoms with E-state index < -0.39 is 11.5 Å². The second-order valence-electron chi connectivity index (χ2n) is 4.77. The molecule has 1 saturated carbocycles. The predicted octanol–water partition coefficient (Wildman–Crippen LogP) is 1.41. The van der Waals surface area contributed by atoms with E-state index in [9.17, 15) is 9.90 Å². The van der Waals surface area contributed by atoms with Gasteiger partial charge in [-0.1, -0.05) is 13.8 Å². The Morgan fingerprint density at radius 1 is 1.39 bits per heavy atom. The molecule has 0 aliphatic heterocycles. The van der Waals surface area contributed by atoms with Crippen molar-refractivity contribution in [1.82, 2.24) is 5.32 Å². The van der Waals surface area contributed by atoms with Crippen LogP contribution in [-0.2, 0) is 14.3 Å². The van der Waals surface area contributed by atoms with Gasteiger partial charge in [0.25, 0.3) is 0 Å². The summed E-state index contributed by atoms with van der Waals surface area (Å²) in [6.45, 7) is 6.55. The first-order valence-corrected chi connectivity index (χ1v) is 6.82. The molecule has 5 heteroatoms. The lowest BCUT2D eigenvalue weighted by Crippen LogP contribution is -2.50. The van der Waals surface area contributed by atoms with Gasteiger partial charge in [0.2, 0.25) is 0 Å². The van der Waals surface area contributed by atoms with Crippen LogP contribution in [-0.4, -0.2) is 49.1 Å². The number of nitrogens with one attached hydrogen (secondary N) is 1. The van der Waals surface area contributed by atoms with E-state index in [1.54, 1.807) is 0 Å². The maximum absolute atomic E-state index is 11.3. The van der Waals surface area contributed by atoms with E-state index in [4.69, 9.17) is 9.47 Å². The molecule has 0 aromatic carbocycles. The van der Waals surface area contributed by atoms with Crippen molar-refractivity contribution in [2.45, 2.75) is 51.2 Å². The van der Waals surface area contributed by atoms with Gasteiger partial charge in [-0.25, -0.2) is 0 Å². The first-order chi connectivity index (χ1) is 8.64. The number of likely N-dealkylation sites (N-methyl/N-ethyl adjacent to an activating group) is 1. The molecule has 0 spiro atoms. The zero-order valence-electron chi connectivity index (χ0n) is 11.4. The first-order valence-electron chi connectivity index (χ1n) is 6.82. The Hall–Kier alpha value is -0.650. The molecule has 1 aliphatic rings. The zero-order valence-corrected chi connectivity index (χ0v) is 11.4. The summed E-state index contributed by atoms with van der Waals surface area (Å²) in [4.78, 5) is 11.3. The van der Waals surface area contributed by atoms with Crippen molar-refractivity contribution >= 4 is 5.97 Å². The van der Waals surface area contributed by atoms with Crippen molar-refractivity contribution in [3.05, 3.63) is 0 Å². The van der Waals surface area contributed by atoms with Crippen molar-refractivity contribution in [3.63, 3.8) is 0 Å². The first kappa shape index (κ1) is 15.4. The fraction of sp³-hybridized carbons (Fsp3) is 0.923. The highest BCUT2D eigenvalue weighted by atomic mass is 16.5. The quantitative estimate of drug-likeness (QED) is 0.613. The second-order valence-corrected chi connectivity index (χ2v) is 4.77. The largest absolute Gasteiger partial charge is 0.480 e. The molecule has 0 radical (unpaired) electrons. The lowest BCUT2D eigenvalue weighted by molar-refractivity contribution is -0.145. The number of ether oxygens (including phenoxy) is 2. The van der Waals surface area contributed by atoms with Crippen LogP contribution in [0.5, 0.6) is 0 Å². The minimum absolute atomic E-state index is 0.0328. The minimum Gasteiger partial charge on any atom is -0.480 e. The molecule has 0 amide bonds. The highest BCUT2D eigenvalue weighted by Gasteiger charge is 2.45. The highest BCUT2D eigenvalue weighted by molar-refractivity contribution is 5.79. The summed E-state index contributed by atoms with van der Waals surface area (Å²) in [5, 5.41) is 12.4. The molecule has 2 atom stereocenters. The van der Waals surface area contributed by atoms with Gasteiger partial charge in [0.15, 0.2) is 0 Å². The Morgan fingerprint density at radius 3 is 2.78 bits per heavy atom. The minimum atomic E-state index is -0.788. The number of hydrogen-bond acceptors (Lipinski definition) is 4. The van der Waals surface area contributed by atoms with Crippen LogP contribution in [0.2, 0.25) is 0 Å². The van der Waals surface area contributed by atoms with E-state index in [-0.39, 0.29) is 6.10 Å². The Bertz CT molecular complexity index is 259. The van der Waals surface area contributed by atoms with Crippen LogP contribution in [0.15, 0.2) is 0 Å². The van der Waals surface area contributed by atoms with E-state index in [1.807, 2.05) is 6.92 Å². The molecule has 0 aromatic rings. The molecule has 1 fully saturated rings. The standard InChI is InChI=1S/C13H25NO4/c1-3-7-17-8-9-18-11-5-6-13(10-11,12(15)16)14-4-2/h11,14H,3-10H2,1-2H3,(H,15,16). The molecule has 2 unspecified atom stereocenters. The monoisotopic (exact) mass is 259 g/mol. The maximum Gasteiger partial charge on any atom is 0.323 e. The van der Waals surface area contributed by atoms with Crippen LogP contribution < -0.4 is 5.32 Å². The maximum atomic E-state index is 11.3. The van der Waals surface area contributed by atoms with Gasteiger partial charge in [0, 0.05) is 13.0 Å². The predicted molar refractivity (Wildman–Crippen MR) is 68.7 cm³/mol. The lowest BCUT2D eigenvalue weighted by atomic mass is 9.98. The van der Waals surface area contributed by atoms with Crippen LogP contribution in [0, 0.1) is 0 Å². The molecule has 18 heavy (non-hydrogen) atoms. The average molecular weight is 259 g/mol. The van der Waals surface area contributed by atoms with Gasteiger partial charge < -0.3 is 19.9 Å². The van der Waals surface area contributed by atoms with Crippen LogP contribution in [0.25, 0.3) is 0 Å². The SMILES string of the molecule is CCCOCCOC1CCC(NCC)(C(=O)O)C1. The summed E-state index contributed by atoms with van der Waals surface area (Å²) in [5.74, 6) is -0.766. The summed E-state index contributed by atoms with van der Waals surface area (Å²) >= 11 is 0. The molecule has 1 rings (SSSR count). The van der Waals surface area contributed by atoms with Crippen molar-refractivity contribution in [1.29, 1.82) is 0 Å². The van der Waals surface area contributed by atoms with E-state index in [1.165, 1.54) is 0 Å². The lowest BCUT2D eigenvalue weighted by Gasteiger charge is -2.25. The number of carboxylic acid groups (broad SMARTS) is 1. The third-order valence-corrected chi connectivity index (χ3v) is 3.32. The van der Waals surface area contributed by atoms with Crippen molar-refractivity contribution < 1.29 is 19.4 Å². The van der Waals surface area contributed by atoms with Gasteiger partial charge in [0.1, 0.15) is 5.54 Å². The number of rotatable bonds is 9. The summed E-state index contributed by atoms with van der Waals surface area (Å²) in [7, 11) is 0. The highest BCUT2D eigenvalue weighted by Crippen LogP contribution is 2.32. The Morgan fingerprint density at radius 2 is 2.17 bits per heavy atom. The van der Waals surface area contributed by atoms with Gasteiger partial charge >= 0.3 is 5.97 Å². The van der Waals surface area contributed by atoms with Gasteiger partial charge in [-0.2, -0.15) is 0 Å². The van der Waals surface area contributed by atoms with E-state index >= 15 is 0 Å². The zero-order chi connectivity index (χ0) is 13.4. The molecule has 106 valence electrons. The smallest absolute Gasteiger partial charge is 0.323 e. The fourth-order valence-electron chi connectivity index (χ4n) is 2.43. The molecular formula is C13H25NO4. The molecule has 0 heterocycles. The topological polar surface area (TPSA) is 67.8 Å². The molecule has 0 aromatic heterocycles. The van der Waals surface area contributed by atoms with Crippen LogP contribution >= 0.6 is 0 Å². The Balaban J connectivity index is 2.28. The van der Waals surface area contributed by atoms with Crippen LogP contribution in [0.4, 0.5) is 0 Å². The van der Waals surface area contributed by atoms with Crippen molar-refractivity contribution in [2.24, 2.45) is 0 Å². The third-order valence-electron chi connectivity index (χ3n) is 3.32. The van der Waals surface area contributed by atoms with Gasteiger partial charge in [-0.05, 0) is 25.8 Å². The van der Waals surface area contributed by atoms with Crippen LogP contribution in [0.3, 0.4) is 0 Å². The van der Waals surface area contributed by atoms with Gasteiger partial charge in [-0.3, -0.25) is 4.79 Å². The molecule has 0 saturated heterocycles. The fourth-order valence-corrected chi connectivity index (χ4v) is 2.43. The van der Waals surface area contributed by atoms with Crippen molar-refractivity contribution in [2.75, 3.05) is 26.4 Å². The normalized spacial score (nSPS) is 27.6. The molecular weight excluding hydrogens is 234 g/mol. The number of carboxylic acids is 1. The molecule has 1 aliphatic carbocycles. The second kappa shape index (κ2) is 7.71. The van der Waals surface area contributed by atoms with Gasteiger partial charge in [-0.15, -0.1) is 0 Å². The van der Waals surface area contributed by atoms with E-state index in [0.29, 0.717) is 32.6 Å². The number of carbonyl (C=O) groups is 1. The summed E-state index contributed by atoms with van der Waals surface area (Å²) < 4.78 is 11.0.